The number of allylic oxidation sites excluding steroid dienone is 2. The summed E-state index contributed by atoms with van der Waals surface area (Å²) < 4.78 is 0. The molecule has 3 aliphatic carbocycles. The fraction of sp³-hybridized carbons (Fsp3) is 0.158. The Morgan fingerprint density at radius 2 is 1.11 bits per heavy atom. The molecule has 0 aliphatic heterocycles. The molecule has 5 rings (SSSR count). The van der Waals surface area contributed by atoms with Gasteiger partial charge in [0.15, 0.2) is 0 Å². The summed E-state index contributed by atoms with van der Waals surface area (Å²) in [5, 5.41) is 0. The van der Waals surface area contributed by atoms with Gasteiger partial charge in [0.1, 0.15) is 0 Å². The van der Waals surface area contributed by atoms with Crippen molar-refractivity contribution in [3.8, 4) is 11.1 Å². The van der Waals surface area contributed by atoms with E-state index in [2.05, 4.69) is 48.6 Å². The Morgan fingerprint density at radius 3 is 1.63 bits per heavy atom. The minimum atomic E-state index is 1.10. The number of rotatable bonds is 0. The molecule has 19 heavy (non-hydrogen) atoms. The van der Waals surface area contributed by atoms with E-state index in [-0.39, 0.29) is 0 Å². The molecule has 0 saturated carbocycles. The highest BCUT2D eigenvalue weighted by molar-refractivity contribution is 5.82. The molecule has 0 aromatic heterocycles. The second kappa shape index (κ2) is 3.27. The fourth-order valence-corrected chi connectivity index (χ4v) is 3.71. The highest BCUT2D eigenvalue weighted by Crippen LogP contribution is 2.41. The number of hydrogen-bond donors (Lipinski definition) is 0. The van der Waals surface area contributed by atoms with Gasteiger partial charge in [-0.3, -0.25) is 0 Å². The van der Waals surface area contributed by atoms with Crippen molar-refractivity contribution in [2.24, 2.45) is 0 Å². The average molecular weight is 242 g/mol. The zero-order chi connectivity index (χ0) is 12.4. The molecule has 0 amide bonds. The van der Waals surface area contributed by atoms with Crippen LogP contribution in [0.3, 0.4) is 0 Å². The predicted molar refractivity (Wildman–Crippen MR) is 80.2 cm³/mol. The summed E-state index contributed by atoms with van der Waals surface area (Å²) in [6, 6.07) is 9.64. The standard InChI is InChI=1S/C19H14/c1-3-12-7-16-9-17-8-13-4-2-6-15(13)11-19(17)18(16)10-14(12)5-1/h1-4,7-8,10-11H,5-6,9H2. The Morgan fingerprint density at radius 1 is 0.579 bits per heavy atom. The van der Waals surface area contributed by atoms with Crippen LogP contribution in [0.2, 0.25) is 0 Å². The Hall–Kier alpha value is -2.08. The van der Waals surface area contributed by atoms with Crippen LogP contribution in [-0.4, -0.2) is 0 Å². The molecule has 90 valence electrons. The minimum Gasteiger partial charge on any atom is -0.0795 e. The Labute approximate surface area is 113 Å². The maximum absolute atomic E-state index is 2.42. The molecule has 2 aromatic rings. The van der Waals surface area contributed by atoms with E-state index in [1.54, 1.807) is 0 Å². The van der Waals surface area contributed by atoms with Crippen LogP contribution in [0.5, 0.6) is 0 Å². The first-order valence-electron chi connectivity index (χ1n) is 7.03. The first kappa shape index (κ1) is 9.80. The third-order valence-electron chi connectivity index (χ3n) is 4.67. The molecule has 0 bridgehead atoms. The Bertz CT molecular complexity index is 721. The number of benzene rings is 2. The lowest BCUT2D eigenvalue weighted by atomic mass is 9.97. The lowest BCUT2D eigenvalue weighted by molar-refractivity contribution is 1.23. The second-order valence-corrected chi connectivity index (χ2v) is 5.81. The minimum absolute atomic E-state index is 1.10. The fourth-order valence-electron chi connectivity index (χ4n) is 3.71. The van der Waals surface area contributed by atoms with Gasteiger partial charge in [-0.1, -0.05) is 36.4 Å². The van der Waals surface area contributed by atoms with Crippen LogP contribution in [0.1, 0.15) is 33.4 Å². The molecule has 0 heterocycles. The summed E-state index contributed by atoms with van der Waals surface area (Å²) in [5.41, 5.74) is 11.8. The molecule has 2 aromatic carbocycles. The molecular formula is C19H14. The summed E-state index contributed by atoms with van der Waals surface area (Å²) >= 11 is 0. The number of fused-ring (bicyclic) bond motifs is 5. The monoisotopic (exact) mass is 242 g/mol. The maximum Gasteiger partial charge on any atom is -0.00130 e. The number of hydrogen-bond acceptors (Lipinski definition) is 0. The quantitative estimate of drug-likeness (QED) is 0.548. The third kappa shape index (κ3) is 1.24. The molecule has 0 fully saturated rings. The highest BCUT2D eigenvalue weighted by Gasteiger charge is 2.22. The second-order valence-electron chi connectivity index (χ2n) is 5.81. The van der Waals surface area contributed by atoms with Crippen LogP contribution < -0.4 is 0 Å². The summed E-state index contributed by atoms with van der Waals surface area (Å²) in [6.07, 6.45) is 12.4. The van der Waals surface area contributed by atoms with Crippen LogP contribution >= 0.6 is 0 Å². The van der Waals surface area contributed by atoms with E-state index in [0.29, 0.717) is 0 Å². The zero-order valence-electron chi connectivity index (χ0n) is 10.7. The molecule has 0 radical (unpaired) electrons. The van der Waals surface area contributed by atoms with Gasteiger partial charge < -0.3 is 0 Å². The van der Waals surface area contributed by atoms with Gasteiger partial charge in [-0.25, -0.2) is 0 Å². The Kier molecular flexibility index (Phi) is 1.69. The van der Waals surface area contributed by atoms with E-state index < -0.39 is 0 Å². The summed E-state index contributed by atoms with van der Waals surface area (Å²) in [4.78, 5) is 0. The van der Waals surface area contributed by atoms with E-state index in [9.17, 15) is 0 Å². The summed E-state index contributed by atoms with van der Waals surface area (Å²) in [7, 11) is 0. The lowest BCUT2D eigenvalue weighted by Crippen LogP contribution is -1.87. The van der Waals surface area contributed by atoms with Gasteiger partial charge in [-0.05, 0) is 75.9 Å². The van der Waals surface area contributed by atoms with Crippen LogP contribution in [-0.2, 0) is 19.3 Å². The van der Waals surface area contributed by atoms with Crippen LogP contribution in [0.15, 0.2) is 36.4 Å². The zero-order valence-corrected chi connectivity index (χ0v) is 10.7. The first-order chi connectivity index (χ1) is 9.38. The molecule has 0 spiro atoms. The highest BCUT2D eigenvalue weighted by atomic mass is 14.3. The normalized spacial score (nSPS) is 16.4. The van der Waals surface area contributed by atoms with E-state index in [1.165, 1.54) is 44.5 Å². The van der Waals surface area contributed by atoms with Gasteiger partial charge in [0, 0.05) is 0 Å². The van der Waals surface area contributed by atoms with Gasteiger partial charge in [0.2, 0.25) is 0 Å². The maximum atomic E-state index is 2.42. The molecule has 0 atom stereocenters. The molecule has 0 heteroatoms. The average Bonchev–Trinajstić information content (AvgIpc) is 3.10. The van der Waals surface area contributed by atoms with Crippen LogP contribution in [0.4, 0.5) is 0 Å². The van der Waals surface area contributed by atoms with Crippen molar-refractivity contribution in [3.63, 3.8) is 0 Å². The van der Waals surface area contributed by atoms with E-state index >= 15 is 0 Å². The topological polar surface area (TPSA) is 0 Å². The van der Waals surface area contributed by atoms with E-state index in [1.807, 2.05) is 0 Å². The van der Waals surface area contributed by atoms with Crippen molar-refractivity contribution < 1.29 is 0 Å². The molecule has 0 unspecified atom stereocenters. The van der Waals surface area contributed by atoms with Gasteiger partial charge in [0.25, 0.3) is 0 Å². The van der Waals surface area contributed by atoms with Crippen molar-refractivity contribution >= 4 is 12.2 Å². The first-order valence-corrected chi connectivity index (χ1v) is 7.03. The molecule has 0 N–H and O–H groups in total. The smallest absolute Gasteiger partial charge is 0.00130 e. The SMILES string of the molecule is C1=Cc2cc3c(cc2C1)-c1cc2c(cc1C3)C=CC2. The van der Waals surface area contributed by atoms with Crippen LogP contribution in [0.25, 0.3) is 23.3 Å². The third-order valence-corrected chi connectivity index (χ3v) is 4.67. The van der Waals surface area contributed by atoms with Crippen molar-refractivity contribution in [1.29, 1.82) is 0 Å². The molecular weight excluding hydrogens is 228 g/mol. The van der Waals surface area contributed by atoms with Crippen molar-refractivity contribution in [1.82, 2.24) is 0 Å². The lowest BCUT2D eigenvalue weighted by Gasteiger charge is -2.07. The van der Waals surface area contributed by atoms with Crippen LogP contribution in [0, 0.1) is 0 Å². The van der Waals surface area contributed by atoms with Gasteiger partial charge in [-0.2, -0.15) is 0 Å². The van der Waals surface area contributed by atoms with Gasteiger partial charge in [-0.15, -0.1) is 0 Å². The van der Waals surface area contributed by atoms with E-state index in [4.69, 9.17) is 0 Å². The Balaban J connectivity index is 1.76. The molecule has 3 aliphatic rings. The molecule has 0 nitrogen and oxygen atoms in total. The predicted octanol–water partition coefficient (Wildman–Crippen LogP) is 4.40. The van der Waals surface area contributed by atoms with Gasteiger partial charge >= 0.3 is 0 Å². The van der Waals surface area contributed by atoms with Crippen molar-refractivity contribution in [3.05, 3.63) is 69.8 Å². The summed E-state index contributed by atoms with van der Waals surface area (Å²) in [5.74, 6) is 0. The van der Waals surface area contributed by atoms with E-state index in [0.717, 1.165) is 19.3 Å². The largest absolute Gasteiger partial charge is 0.0795 e. The summed E-state index contributed by atoms with van der Waals surface area (Å²) in [6.45, 7) is 0. The van der Waals surface area contributed by atoms with Crippen molar-refractivity contribution in [2.75, 3.05) is 0 Å². The van der Waals surface area contributed by atoms with Gasteiger partial charge in [0.05, 0.1) is 0 Å². The molecule has 0 saturated heterocycles. The van der Waals surface area contributed by atoms with Crippen molar-refractivity contribution in [2.45, 2.75) is 19.3 Å².